The van der Waals surface area contributed by atoms with Gasteiger partial charge in [-0.05, 0) is 49.8 Å². The number of carbonyl (C=O) groups excluding carboxylic acids is 1. The Morgan fingerprint density at radius 3 is 2.47 bits per heavy atom. The first-order chi connectivity index (χ1) is 16.2. The molecule has 4 rings (SSSR count). The molecular formula is C24H21N3O6S. The number of allylic oxidation sites excluding steroid dienone is 2. The molecule has 1 aromatic heterocycles. The summed E-state index contributed by atoms with van der Waals surface area (Å²) in [5.41, 5.74) is 1.84. The van der Waals surface area contributed by atoms with Crippen molar-refractivity contribution in [1.82, 2.24) is 4.57 Å². The Bertz CT molecular complexity index is 1520. The quantitative estimate of drug-likeness (QED) is 0.397. The minimum absolute atomic E-state index is 0.0352. The van der Waals surface area contributed by atoms with Crippen LogP contribution in [0.25, 0.3) is 6.08 Å². The maximum absolute atomic E-state index is 13.5. The molecule has 0 radical (unpaired) electrons. The summed E-state index contributed by atoms with van der Waals surface area (Å²) in [5.74, 6) is 0.854. The van der Waals surface area contributed by atoms with E-state index < -0.39 is 11.0 Å². The molecule has 2 heterocycles. The van der Waals surface area contributed by atoms with Crippen LogP contribution in [0.1, 0.15) is 31.0 Å². The highest BCUT2D eigenvalue weighted by Crippen LogP contribution is 2.37. The first-order valence-corrected chi connectivity index (χ1v) is 11.1. The summed E-state index contributed by atoms with van der Waals surface area (Å²) in [6.45, 7) is 3.19. The minimum atomic E-state index is -0.728. The zero-order valence-corrected chi connectivity index (χ0v) is 19.7. The van der Waals surface area contributed by atoms with Crippen LogP contribution < -0.4 is 24.4 Å². The Balaban J connectivity index is 1.95. The molecule has 1 atom stereocenters. The summed E-state index contributed by atoms with van der Waals surface area (Å²) >= 11 is 1.19. The predicted molar refractivity (Wildman–Crippen MR) is 127 cm³/mol. The van der Waals surface area contributed by atoms with Crippen molar-refractivity contribution < 1.29 is 19.2 Å². The van der Waals surface area contributed by atoms with E-state index in [2.05, 4.69) is 4.99 Å². The van der Waals surface area contributed by atoms with Crippen molar-refractivity contribution in [2.75, 3.05) is 14.2 Å². The molecule has 0 saturated carbocycles. The van der Waals surface area contributed by atoms with Gasteiger partial charge < -0.3 is 9.47 Å². The van der Waals surface area contributed by atoms with E-state index in [1.54, 1.807) is 50.4 Å². The fourth-order valence-corrected chi connectivity index (χ4v) is 5.00. The zero-order chi connectivity index (χ0) is 24.6. The van der Waals surface area contributed by atoms with Gasteiger partial charge in [0, 0.05) is 35.0 Å². The maximum Gasteiger partial charge on any atom is 0.271 e. The predicted octanol–water partition coefficient (Wildman–Crippen LogP) is 2.75. The van der Waals surface area contributed by atoms with Crippen molar-refractivity contribution in [2.45, 2.75) is 19.9 Å². The number of Topliss-reactive ketones (excluding diaryl/α,β-unsaturated/α-hetero) is 1. The number of hydrogen-bond acceptors (Lipinski definition) is 8. The molecule has 10 heteroatoms. The molecule has 34 heavy (non-hydrogen) atoms. The number of carbonyl (C=O) groups is 1. The van der Waals surface area contributed by atoms with Gasteiger partial charge in [-0.25, -0.2) is 4.99 Å². The minimum Gasteiger partial charge on any atom is -0.497 e. The topological polar surface area (TPSA) is 113 Å². The highest BCUT2D eigenvalue weighted by Gasteiger charge is 2.32. The van der Waals surface area contributed by atoms with Crippen molar-refractivity contribution >= 4 is 28.9 Å². The highest BCUT2D eigenvalue weighted by molar-refractivity contribution is 7.07. The Morgan fingerprint density at radius 1 is 1.18 bits per heavy atom. The summed E-state index contributed by atoms with van der Waals surface area (Å²) in [7, 11) is 3.06. The normalized spacial score (nSPS) is 15.5. The van der Waals surface area contributed by atoms with Crippen molar-refractivity contribution in [3.05, 3.63) is 94.7 Å². The molecule has 0 amide bonds. The summed E-state index contributed by atoms with van der Waals surface area (Å²) in [6, 6.07) is 10.4. The number of hydrogen-bond donors (Lipinski definition) is 0. The van der Waals surface area contributed by atoms with Gasteiger partial charge in [0.05, 0.1) is 29.7 Å². The number of aromatic nitrogens is 1. The molecule has 1 aliphatic heterocycles. The zero-order valence-electron chi connectivity index (χ0n) is 18.9. The van der Waals surface area contributed by atoms with E-state index in [0.717, 1.165) is 0 Å². The van der Waals surface area contributed by atoms with Crippen LogP contribution in [0.5, 0.6) is 11.5 Å². The highest BCUT2D eigenvalue weighted by atomic mass is 32.1. The molecule has 0 spiro atoms. The number of rotatable bonds is 6. The molecule has 0 fully saturated rings. The van der Waals surface area contributed by atoms with E-state index in [0.29, 0.717) is 43.2 Å². The van der Waals surface area contributed by atoms with Gasteiger partial charge >= 0.3 is 0 Å². The van der Waals surface area contributed by atoms with Crippen molar-refractivity contribution in [3.8, 4) is 11.5 Å². The third kappa shape index (κ3) is 4.03. The van der Waals surface area contributed by atoms with Gasteiger partial charge in [-0.3, -0.25) is 24.3 Å². The SMILES string of the molecule is COc1ccc(C2C(C(C)=O)=C(C)N=c3sc(=Cc4ccc([N+](=O)[O-])cc4)c(=O)n32)c(OC)c1. The van der Waals surface area contributed by atoms with Gasteiger partial charge in [-0.15, -0.1) is 0 Å². The van der Waals surface area contributed by atoms with Crippen LogP contribution in [0.3, 0.4) is 0 Å². The molecule has 0 saturated heterocycles. The first-order valence-electron chi connectivity index (χ1n) is 10.2. The number of nitrogens with zero attached hydrogens (tertiary/aromatic N) is 3. The van der Waals surface area contributed by atoms with Crippen LogP contribution in [-0.2, 0) is 4.79 Å². The molecule has 2 aromatic carbocycles. The molecular weight excluding hydrogens is 458 g/mol. The molecule has 3 aromatic rings. The lowest BCUT2D eigenvalue weighted by molar-refractivity contribution is -0.384. The monoisotopic (exact) mass is 479 g/mol. The largest absolute Gasteiger partial charge is 0.497 e. The van der Waals surface area contributed by atoms with Crippen LogP contribution in [0.2, 0.25) is 0 Å². The number of nitro groups is 1. The number of nitro benzene ring substituents is 1. The summed E-state index contributed by atoms with van der Waals surface area (Å²) in [4.78, 5) is 41.6. The van der Waals surface area contributed by atoms with Gasteiger partial charge in [0.25, 0.3) is 11.2 Å². The Hall–Kier alpha value is -4.05. The Labute approximate surface area is 198 Å². The van der Waals surface area contributed by atoms with Gasteiger partial charge in [-0.2, -0.15) is 0 Å². The number of non-ortho nitro benzene ring substituents is 1. The van der Waals surface area contributed by atoms with E-state index in [-0.39, 0.29) is 17.0 Å². The number of ketones is 1. The first kappa shape index (κ1) is 23.1. The maximum atomic E-state index is 13.5. The summed E-state index contributed by atoms with van der Waals surface area (Å²) in [6.07, 6.45) is 1.66. The van der Waals surface area contributed by atoms with Crippen molar-refractivity contribution in [1.29, 1.82) is 0 Å². The molecule has 174 valence electrons. The molecule has 1 aliphatic rings. The molecule has 9 nitrogen and oxygen atoms in total. The van der Waals surface area contributed by atoms with E-state index in [1.807, 2.05) is 0 Å². The van der Waals surface area contributed by atoms with E-state index in [4.69, 9.17) is 9.47 Å². The van der Waals surface area contributed by atoms with Crippen LogP contribution in [0, 0.1) is 10.1 Å². The lowest BCUT2D eigenvalue weighted by atomic mass is 9.92. The Morgan fingerprint density at radius 2 is 1.88 bits per heavy atom. The van der Waals surface area contributed by atoms with E-state index >= 15 is 0 Å². The standard InChI is InChI=1S/C24H21N3O6S/c1-13-21(14(2)28)22(18-10-9-17(32-3)12-19(18)33-4)26-23(29)20(34-24(26)25-13)11-15-5-7-16(8-6-15)27(30)31/h5-12,22H,1-4H3. The van der Waals surface area contributed by atoms with Crippen LogP contribution in [0.15, 0.2) is 63.5 Å². The van der Waals surface area contributed by atoms with Gasteiger partial charge in [0.15, 0.2) is 10.6 Å². The van der Waals surface area contributed by atoms with Gasteiger partial charge in [0.1, 0.15) is 11.5 Å². The number of ether oxygens (including phenoxy) is 2. The average molecular weight is 480 g/mol. The van der Waals surface area contributed by atoms with Crippen molar-refractivity contribution in [3.63, 3.8) is 0 Å². The number of thiazole rings is 1. The average Bonchev–Trinajstić information content (AvgIpc) is 3.12. The fraction of sp³-hybridized carbons (Fsp3) is 0.208. The lowest BCUT2D eigenvalue weighted by Gasteiger charge is -2.26. The second kappa shape index (κ2) is 9.06. The molecule has 1 unspecified atom stereocenters. The number of methoxy groups -OCH3 is 2. The Kier molecular flexibility index (Phi) is 6.16. The summed E-state index contributed by atoms with van der Waals surface area (Å²) in [5, 5.41) is 10.9. The molecule has 0 aliphatic carbocycles. The second-order valence-corrected chi connectivity index (χ2v) is 8.60. The third-order valence-corrected chi connectivity index (χ3v) is 6.52. The fourth-order valence-electron chi connectivity index (χ4n) is 3.95. The van der Waals surface area contributed by atoms with Gasteiger partial charge in [0.2, 0.25) is 0 Å². The van der Waals surface area contributed by atoms with Crippen LogP contribution in [-0.4, -0.2) is 29.5 Å². The van der Waals surface area contributed by atoms with Crippen LogP contribution >= 0.6 is 11.3 Å². The van der Waals surface area contributed by atoms with E-state index in [1.165, 1.54) is 42.1 Å². The number of benzene rings is 2. The smallest absolute Gasteiger partial charge is 0.271 e. The van der Waals surface area contributed by atoms with E-state index in [9.17, 15) is 19.7 Å². The van der Waals surface area contributed by atoms with Gasteiger partial charge in [-0.1, -0.05) is 11.3 Å². The molecule has 0 bridgehead atoms. The second-order valence-electron chi connectivity index (χ2n) is 7.59. The van der Waals surface area contributed by atoms with Crippen LogP contribution in [0.4, 0.5) is 5.69 Å². The summed E-state index contributed by atoms with van der Waals surface area (Å²) < 4.78 is 12.8. The van der Waals surface area contributed by atoms with Crippen molar-refractivity contribution in [2.24, 2.45) is 4.99 Å². The number of fused-ring (bicyclic) bond motifs is 1. The molecule has 0 N–H and O–H groups in total. The lowest BCUT2D eigenvalue weighted by Crippen LogP contribution is -2.39. The third-order valence-electron chi connectivity index (χ3n) is 5.54.